The molecule has 45 heavy (non-hydrogen) atoms. The summed E-state index contributed by atoms with van der Waals surface area (Å²) in [7, 11) is 3.06. The summed E-state index contributed by atoms with van der Waals surface area (Å²) in [5.74, 6) is 1.02. The number of fused-ring (bicyclic) bond motifs is 1. The van der Waals surface area contributed by atoms with Gasteiger partial charge in [0.05, 0.1) is 58.8 Å². The van der Waals surface area contributed by atoms with Crippen LogP contribution in [0.1, 0.15) is 42.1 Å². The number of benzene rings is 3. The molecule has 3 aromatic carbocycles. The lowest BCUT2D eigenvalue weighted by Crippen LogP contribution is -2.40. The number of allylic oxidation sites excluding steroid dienone is 1. The molecule has 1 aromatic heterocycles. The first-order valence-corrected chi connectivity index (χ1v) is 16.1. The second-order valence-electron chi connectivity index (χ2n) is 9.82. The molecule has 1 aliphatic rings. The second-order valence-corrected chi connectivity index (χ2v) is 12.5. The molecule has 12 heteroatoms. The Hall–Kier alpha value is -4.18. The summed E-state index contributed by atoms with van der Waals surface area (Å²) in [6.07, 6.45) is 1.78. The summed E-state index contributed by atoms with van der Waals surface area (Å²) < 4.78 is 25.7. The van der Waals surface area contributed by atoms with Crippen LogP contribution in [0.2, 0.25) is 0 Å². The predicted octanol–water partition coefficient (Wildman–Crippen LogP) is 5.79. The molecule has 230 valence electrons. The number of ether oxygens (including phenoxy) is 4. The van der Waals surface area contributed by atoms with E-state index in [-0.39, 0.29) is 17.7 Å². The van der Waals surface area contributed by atoms with Crippen LogP contribution in [0.3, 0.4) is 0 Å². The van der Waals surface area contributed by atoms with Crippen molar-refractivity contribution in [2.45, 2.75) is 26.5 Å². The maximum absolute atomic E-state index is 14.1. The molecule has 0 spiro atoms. The van der Waals surface area contributed by atoms with Gasteiger partial charge in [0.2, 0.25) is 0 Å². The highest BCUT2D eigenvalue weighted by molar-refractivity contribution is 9.10. The average molecular weight is 753 g/mol. The zero-order valence-electron chi connectivity index (χ0n) is 24.7. The molecule has 0 amide bonds. The number of hydrogen-bond acceptors (Lipinski definition) is 9. The van der Waals surface area contributed by atoms with Gasteiger partial charge in [-0.25, -0.2) is 9.79 Å². The van der Waals surface area contributed by atoms with Gasteiger partial charge in [0.25, 0.3) is 5.56 Å². The van der Waals surface area contributed by atoms with E-state index < -0.39 is 12.0 Å². The van der Waals surface area contributed by atoms with Crippen molar-refractivity contribution < 1.29 is 23.7 Å². The predicted molar refractivity (Wildman–Crippen MR) is 177 cm³/mol. The summed E-state index contributed by atoms with van der Waals surface area (Å²) in [5.41, 5.74) is 3.31. The van der Waals surface area contributed by atoms with E-state index in [1.807, 2.05) is 30.3 Å². The van der Waals surface area contributed by atoms with Crippen LogP contribution in [0, 0.1) is 11.3 Å². The fraction of sp³-hybridized carbons (Fsp3) is 0.212. The van der Waals surface area contributed by atoms with E-state index in [1.165, 1.54) is 30.1 Å². The number of nitrogens with zero attached hydrogens (tertiary/aromatic N) is 3. The van der Waals surface area contributed by atoms with Gasteiger partial charge in [-0.1, -0.05) is 45.5 Å². The number of esters is 1. The van der Waals surface area contributed by atoms with Crippen LogP contribution in [0.25, 0.3) is 6.08 Å². The van der Waals surface area contributed by atoms with Crippen molar-refractivity contribution in [1.82, 2.24) is 4.57 Å². The van der Waals surface area contributed by atoms with E-state index in [0.29, 0.717) is 59.0 Å². The van der Waals surface area contributed by atoms with Crippen molar-refractivity contribution in [3.63, 3.8) is 0 Å². The Bertz CT molecular complexity index is 2040. The Labute approximate surface area is 279 Å². The van der Waals surface area contributed by atoms with E-state index in [2.05, 4.69) is 42.9 Å². The molecular formula is C33H27Br2N3O6S. The number of carbonyl (C=O) groups is 1. The van der Waals surface area contributed by atoms with Crippen molar-refractivity contribution in [1.29, 1.82) is 5.26 Å². The molecule has 2 heterocycles. The normalized spacial score (nSPS) is 14.3. The minimum atomic E-state index is -0.832. The molecule has 0 saturated carbocycles. The van der Waals surface area contributed by atoms with Crippen LogP contribution in [0.15, 0.2) is 84.6 Å². The third-order valence-corrected chi connectivity index (χ3v) is 9.33. The van der Waals surface area contributed by atoms with Gasteiger partial charge in [0.15, 0.2) is 16.3 Å². The zero-order valence-corrected chi connectivity index (χ0v) is 28.7. The number of thiazole rings is 1. The van der Waals surface area contributed by atoms with Crippen molar-refractivity contribution in [3.8, 4) is 23.3 Å². The second kappa shape index (κ2) is 13.9. The lowest BCUT2D eigenvalue weighted by Gasteiger charge is -2.26. The van der Waals surface area contributed by atoms with Crippen molar-refractivity contribution in [3.05, 3.63) is 117 Å². The Morgan fingerprint density at radius 2 is 1.76 bits per heavy atom. The Morgan fingerprint density at radius 3 is 2.40 bits per heavy atom. The van der Waals surface area contributed by atoms with Gasteiger partial charge in [-0.15, -0.1) is 0 Å². The average Bonchev–Trinajstić information content (AvgIpc) is 3.33. The number of nitriles is 1. The van der Waals surface area contributed by atoms with Crippen LogP contribution >= 0.6 is 43.2 Å². The molecule has 1 aliphatic heterocycles. The van der Waals surface area contributed by atoms with Gasteiger partial charge in [-0.05, 0) is 88.9 Å². The number of halogens is 2. The van der Waals surface area contributed by atoms with Gasteiger partial charge in [0.1, 0.15) is 12.4 Å². The third kappa shape index (κ3) is 6.61. The first kappa shape index (κ1) is 32.2. The minimum Gasteiger partial charge on any atom is -0.493 e. The van der Waals surface area contributed by atoms with E-state index in [9.17, 15) is 9.59 Å². The molecule has 9 nitrogen and oxygen atoms in total. The van der Waals surface area contributed by atoms with Crippen LogP contribution < -0.4 is 29.1 Å². The maximum Gasteiger partial charge on any atom is 0.338 e. The molecule has 0 saturated heterocycles. The highest BCUT2D eigenvalue weighted by Crippen LogP contribution is 2.40. The van der Waals surface area contributed by atoms with Gasteiger partial charge in [0, 0.05) is 4.47 Å². The SMILES string of the molecule is CCOC(=O)C1=C(C)N=c2s/c(=C\c3ccc(OCc4ccc(C#N)cc4)c(Br)c3)c(=O)n2[C@H]1c1cc(OC)c(OC)cc1Br. The van der Waals surface area contributed by atoms with Crippen LogP contribution in [0.4, 0.5) is 0 Å². The minimum absolute atomic E-state index is 0.169. The molecule has 0 unspecified atom stereocenters. The number of aromatic nitrogens is 1. The smallest absolute Gasteiger partial charge is 0.338 e. The standard InChI is InChI=1S/C33H27Br2N3O6S/c1-5-43-32(40)29-18(2)37-33-38(30(29)22-14-26(41-3)27(42-4)15-23(22)34)31(39)28(45-33)13-21-10-11-25(24(35)12-21)44-17-20-8-6-19(16-36)7-9-20/h6-15,30H,5,17H2,1-4H3/b28-13-/t30-/m0/s1. The van der Waals surface area contributed by atoms with E-state index >= 15 is 0 Å². The van der Waals surface area contributed by atoms with Crippen molar-refractivity contribution in [2.75, 3.05) is 20.8 Å². The van der Waals surface area contributed by atoms with E-state index in [4.69, 9.17) is 24.2 Å². The van der Waals surface area contributed by atoms with Gasteiger partial charge < -0.3 is 18.9 Å². The Balaban J connectivity index is 1.55. The van der Waals surface area contributed by atoms with Gasteiger partial charge in [-0.2, -0.15) is 5.26 Å². The first-order valence-electron chi connectivity index (χ1n) is 13.7. The van der Waals surface area contributed by atoms with Crippen molar-refractivity contribution >= 4 is 55.2 Å². The summed E-state index contributed by atoms with van der Waals surface area (Å²) in [4.78, 5) is 32.4. The van der Waals surface area contributed by atoms with Gasteiger partial charge in [-0.3, -0.25) is 9.36 Å². The van der Waals surface area contributed by atoms with Crippen molar-refractivity contribution in [2.24, 2.45) is 4.99 Å². The molecule has 0 fully saturated rings. The number of methoxy groups -OCH3 is 2. The quantitative estimate of drug-likeness (QED) is 0.199. The highest BCUT2D eigenvalue weighted by atomic mass is 79.9. The van der Waals surface area contributed by atoms with Crippen LogP contribution in [0.5, 0.6) is 17.2 Å². The number of hydrogen-bond donors (Lipinski definition) is 0. The molecule has 0 N–H and O–H groups in total. The lowest BCUT2D eigenvalue weighted by atomic mass is 9.95. The molecule has 0 bridgehead atoms. The third-order valence-electron chi connectivity index (χ3n) is 7.05. The van der Waals surface area contributed by atoms with Crippen LogP contribution in [-0.2, 0) is 16.1 Å². The number of rotatable bonds is 9. The molecule has 5 rings (SSSR count). The first-order chi connectivity index (χ1) is 21.7. The van der Waals surface area contributed by atoms with E-state index in [0.717, 1.165) is 11.1 Å². The van der Waals surface area contributed by atoms with E-state index in [1.54, 1.807) is 44.2 Å². The maximum atomic E-state index is 14.1. The van der Waals surface area contributed by atoms with Crippen LogP contribution in [-0.4, -0.2) is 31.4 Å². The molecular weight excluding hydrogens is 726 g/mol. The topological polar surface area (TPSA) is 112 Å². The Kier molecular flexibility index (Phi) is 9.92. The lowest BCUT2D eigenvalue weighted by molar-refractivity contribution is -0.139. The summed E-state index contributed by atoms with van der Waals surface area (Å²) in [6, 6.07) is 17.5. The fourth-order valence-electron chi connectivity index (χ4n) is 4.88. The van der Waals surface area contributed by atoms with Gasteiger partial charge >= 0.3 is 5.97 Å². The Morgan fingerprint density at radius 1 is 1.04 bits per heavy atom. The molecule has 1 atom stereocenters. The highest BCUT2D eigenvalue weighted by Gasteiger charge is 2.35. The fourth-order valence-corrected chi connectivity index (χ4v) is 6.97. The molecule has 4 aromatic rings. The summed E-state index contributed by atoms with van der Waals surface area (Å²) in [6.45, 7) is 3.96. The monoisotopic (exact) mass is 751 g/mol. The summed E-state index contributed by atoms with van der Waals surface area (Å²) >= 11 is 8.43. The molecule has 0 aliphatic carbocycles. The largest absolute Gasteiger partial charge is 0.493 e. The number of carbonyl (C=O) groups excluding carboxylic acids is 1. The zero-order chi connectivity index (χ0) is 32.2. The molecule has 0 radical (unpaired) electrons. The summed E-state index contributed by atoms with van der Waals surface area (Å²) in [5, 5.41) is 9.00.